The molecule has 0 aliphatic heterocycles. The lowest BCUT2D eigenvalue weighted by atomic mass is 10.3. The Labute approximate surface area is 114 Å². The fraction of sp³-hybridized carbons (Fsp3) is 0.250. The standard InChI is InChI=1S/C12H13N5OS/c1-16-7-13-15-10(16)6-17-8-4-3-5-9(18-2)11(8)14-12(17)19/h3-5,7H,6H2,1-2H3,(H,14,19). The molecule has 3 aromatic rings. The SMILES string of the molecule is COc1cccc2c1[nH]c(=S)n2Cc1nncn1C. The van der Waals surface area contributed by atoms with Gasteiger partial charge in [0.25, 0.3) is 0 Å². The van der Waals surface area contributed by atoms with Crippen LogP contribution in [0.15, 0.2) is 24.5 Å². The minimum Gasteiger partial charge on any atom is -0.494 e. The number of H-pyrrole nitrogens is 1. The van der Waals surface area contributed by atoms with Gasteiger partial charge in [0, 0.05) is 7.05 Å². The van der Waals surface area contributed by atoms with E-state index in [9.17, 15) is 0 Å². The van der Waals surface area contributed by atoms with Crippen molar-refractivity contribution in [1.29, 1.82) is 0 Å². The highest BCUT2D eigenvalue weighted by Gasteiger charge is 2.10. The fourth-order valence-electron chi connectivity index (χ4n) is 2.07. The molecule has 0 saturated carbocycles. The van der Waals surface area contributed by atoms with Gasteiger partial charge < -0.3 is 18.9 Å². The number of hydrogen-bond donors (Lipinski definition) is 1. The van der Waals surface area contributed by atoms with Gasteiger partial charge in [0.05, 0.1) is 19.2 Å². The largest absolute Gasteiger partial charge is 0.494 e. The zero-order valence-corrected chi connectivity index (χ0v) is 11.4. The van der Waals surface area contributed by atoms with Crippen molar-refractivity contribution in [3.8, 4) is 5.75 Å². The third kappa shape index (κ3) is 1.91. The van der Waals surface area contributed by atoms with Crippen LogP contribution in [-0.2, 0) is 13.6 Å². The van der Waals surface area contributed by atoms with E-state index in [0.29, 0.717) is 11.3 Å². The van der Waals surface area contributed by atoms with E-state index in [1.807, 2.05) is 34.4 Å². The van der Waals surface area contributed by atoms with Crippen LogP contribution in [0.2, 0.25) is 0 Å². The number of nitrogens with zero attached hydrogens (tertiary/aromatic N) is 4. The summed E-state index contributed by atoms with van der Waals surface area (Å²) in [7, 11) is 3.56. The van der Waals surface area contributed by atoms with Crippen molar-refractivity contribution in [2.45, 2.75) is 6.54 Å². The number of rotatable bonds is 3. The van der Waals surface area contributed by atoms with E-state index in [1.54, 1.807) is 13.4 Å². The Kier molecular flexibility index (Phi) is 2.83. The number of benzene rings is 1. The molecule has 3 rings (SSSR count). The lowest BCUT2D eigenvalue weighted by Crippen LogP contribution is -2.05. The number of nitrogens with one attached hydrogen (secondary N) is 1. The molecule has 7 heteroatoms. The molecule has 19 heavy (non-hydrogen) atoms. The van der Waals surface area contributed by atoms with Crippen LogP contribution in [0.5, 0.6) is 5.75 Å². The first-order valence-corrected chi connectivity index (χ1v) is 6.20. The Bertz CT molecular complexity index is 785. The summed E-state index contributed by atoms with van der Waals surface area (Å²) in [5, 5.41) is 7.96. The maximum atomic E-state index is 5.37. The molecule has 0 unspecified atom stereocenters. The topological polar surface area (TPSA) is 60.7 Å². The average Bonchev–Trinajstić information content (AvgIpc) is 2.95. The second-order valence-electron chi connectivity index (χ2n) is 4.23. The predicted octanol–water partition coefficient (Wildman–Crippen LogP) is 1.88. The highest BCUT2D eigenvalue weighted by atomic mass is 32.1. The number of ether oxygens (including phenoxy) is 1. The van der Waals surface area contributed by atoms with Crippen LogP contribution >= 0.6 is 12.2 Å². The zero-order chi connectivity index (χ0) is 13.4. The number of aryl methyl sites for hydroxylation is 1. The summed E-state index contributed by atoms with van der Waals surface area (Å²) in [5.74, 6) is 1.63. The summed E-state index contributed by atoms with van der Waals surface area (Å²) >= 11 is 5.37. The molecule has 6 nitrogen and oxygen atoms in total. The van der Waals surface area contributed by atoms with Crippen molar-refractivity contribution in [3.63, 3.8) is 0 Å². The Morgan fingerprint density at radius 1 is 1.42 bits per heavy atom. The Hall–Kier alpha value is -2.15. The van der Waals surface area contributed by atoms with E-state index >= 15 is 0 Å². The number of imidazole rings is 1. The van der Waals surface area contributed by atoms with E-state index in [4.69, 9.17) is 17.0 Å². The highest BCUT2D eigenvalue weighted by molar-refractivity contribution is 7.71. The van der Waals surface area contributed by atoms with Crippen LogP contribution in [0.3, 0.4) is 0 Å². The zero-order valence-electron chi connectivity index (χ0n) is 10.6. The summed E-state index contributed by atoms with van der Waals surface area (Å²) in [6, 6.07) is 5.84. The van der Waals surface area contributed by atoms with Crippen molar-refractivity contribution in [2.24, 2.45) is 7.05 Å². The molecule has 98 valence electrons. The number of fused-ring (bicyclic) bond motifs is 1. The van der Waals surface area contributed by atoms with Crippen molar-refractivity contribution >= 4 is 23.3 Å². The van der Waals surface area contributed by atoms with Gasteiger partial charge in [0.15, 0.2) is 10.6 Å². The van der Waals surface area contributed by atoms with Gasteiger partial charge in [0.2, 0.25) is 0 Å². The summed E-state index contributed by atoms with van der Waals surface area (Å²) in [6.45, 7) is 0.572. The number of methoxy groups -OCH3 is 1. The highest BCUT2D eigenvalue weighted by Crippen LogP contribution is 2.24. The van der Waals surface area contributed by atoms with Gasteiger partial charge in [-0.2, -0.15) is 0 Å². The van der Waals surface area contributed by atoms with E-state index in [2.05, 4.69) is 15.2 Å². The van der Waals surface area contributed by atoms with Gasteiger partial charge in [0.1, 0.15) is 17.6 Å². The lowest BCUT2D eigenvalue weighted by molar-refractivity contribution is 0.419. The monoisotopic (exact) mass is 275 g/mol. The molecule has 2 heterocycles. The minimum atomic E-state index is 0.572. The minimum absolute atomic E-state index is 0.572. The normalized spacial score (nSPS) is 11.1. The molecule has 0 aliphatic rings. The lowest BCUT2D eigenvalue weighted by Gasteiger charge is -2.05. The first kappa shape index (κ1) is 11.9. The summed E-state index contributed by atoms with van der Waals surface area (Å²) in [5.41, 5.74) is 1.89. The number of hydrogen-bond acceptors (Lipinski definition) is 4. The maximum Gasteiger partial charge on any atom is 0.178 e. The first-order chi connectivity index (χ1) is 9.20. The molecule has 0 radical (unpaired) electrons. The molecule has 0 atom stereocenters. The third-order valence-electron chi connectivity index (χ3n) is 3.10. The number of para-hydroxylation sites is 1. The third-order valence-corrected chi connectivity index (χ3v) is 3.42. The van der Waals surface area contributed by atoms with Crippen molar-refractivity contribution in [3.05, 3.63) is 35.1 Å². The smallest absolute Gasteiger partial charge is 0.178 e. The van der Waals surface area contributed by atoms with Gasteiger partial charge in [-0.3, -0.25) is 0 Å². The molecule has 1 aromatic carbocycles. The van der Waals surface area contributed by atoms with Crippen LogP contribution in [0.1, 0.15) is 5.82 Å². The second kappa shape index (κ2) is 4.51. The molecule has 0 aliphatic carbocycles. The quantitative estimate of drug-likeness (QED) is 0.741. The van der Waals surface area contributed by atoms with E-state index < -0.39 is 0 Å². The molecule has 0 fully saturated rings. The summed E-state index contributed by atoms with van der Waals surface area (Å²) < 4.78 is 9.83. The first-order valence-electron chi connectivity index (χ1n) is 5.79. The summed E-state index contributed by atoms with van der Waals surface area (Å²) in [4.78, 5) is 3.17. The molecule has 2 aromatic heterocycles. The average molecular weight is 275 g/mol. The van der Waals surface area contributed by atoms with Gasteiger partial charge in [-0.05, 0) is 24.4 Å². The van der Waals surface area contributed by atoms with Crippen LogP contribution in [0, 0.1) is 4.77 Å². The molecule has 0 bridgehead atoms. The van der Waals surface area contributed by atoms with Gasteiger partial charge >= 0.3 is 0 Å². The maximum absolute atomic E-state index is 5.37. The molecular weight excluding hydrogens is 262 g/mol. The Morgan fingerprint density at radius 3 is 2.95 bits per heavy atom. The Balaban J connectivity index is 2.16. The molecule has 0 saturated heterocycles. The summed E-state index contributed by atoms with van der Waals surface area (Å²) in [6.07, 6.45) is 1.67. The van der Waals surface area contributed by atoms with Crippen LogP contribution in [-0.4, -0.2) is 31.4 Å². The fourth-order valence-corrected chi connectivity index (χ4v) is 2.34. The van der Waals surface area contributed by atoms with Gasteiger partial charge in [-0.15, -0.1) is 10.2 Å². The molecule has 0 spiro atoms. The Morgan fingerprint density at radius 2 is 2.26 bits per heavy atom. The number of aromatic amines is 1. The van der Waals surface area contributed by atoms with E-state index in [-0.39, 0.29) is 0 Å². The molecule has 1 N–H and O–H groups in total. The van der Waals surface area contributed by atoms with Crippen molar-refractivity contribution in [1.82, 2.24) is 24.3 Å². The molecular formula is C12H13N5OS. The van der Waals surface area contributed by atoms with Gasteiger partial charge in [-0.25, -0.2) is 0 Å². The number of aromatic nitrogens is 5. The second-order valence-corrected chi connectivity index (χ2v) is 4.62. The van der Waals surface area contributed by atoms with Crippen LogP contribution in [0.4, 0.5) is 0 Å². The van der Waals surface area contributed by atoms with Crippen molar-refractivity contribution in [2.75, 3.05) is 7.11 Å². The van der Waals surface area contributed by atoms with E-state index in [0.717, 1.165) is 22.6 Å². The molecule has 0 amide bonds. The van der Waals surface area contributed by atoms with Crippen molar-refractivity contribution < 1.29 is 4.74 Å². The van der Waals surface area contributed by atoms with Crippen LogP contribution in [0.25, 0.3) is 11.0 Å². The van der Waals surface area contributed by atoms with E-state index in [1.165, 1.54) is 0 Å². The van der Waals surface area contributed by atoms with Crippen LogP contribution < -0.4 is 4.74 Å². The predicted molar refractivity (Wildman–Crippen MR) is 73.8 cm³/mol. The van der Waals surface area contributed by atoms with Gasteiger partial charge in [-0.1, -0.05) is 6.07 Å².